The Morgan fingerprint density at radius 1 is 1.08 bits per heavy atom. The number of nitrogens with one attached hydrogen (secondary N) is 1. The zero-order chi connectivity index (χ0) is 16.6. The number of ether oxygens (including phenoxy) is 1. The SMILES string of the molecule is COCCCNc1nc(-c2ccccc2)cc(N2CCCCC2)n1. The monoisotopic (exact) mass is 326 g/mol. The van der Waals surface area contributed by atoms with Crippen LogP contribution < -0.4 is 10.2 Å². The minimum absolute atomic E-state index is 0.702. The van der Waals surface area contributed by atoms with Crippen molar-refractivity contribution in [1.82, 2.24) is 9.97 Å². The first kappa shape index (κ1) is 16.7. The maximum Gasteiger partial charge on any atom is 0.225 e. The number of hydrogen-bond acceptors (Lipinski definition) is 5. The van der Waals surface area contributed by atoms with E-state index in [-0.39, 0.29) is 0 Å². The van der Waals surface area contributed by atoms with Gasteiger partial charge in [-0.1, -0.05) is 30.3 Å². The lowest BCUT2D eigenvalue weighted by Crippen LogP contribution is -2.30. The summed E-state index contributed by atoms with van der Waals surface area (Å²) in [5.74, 6) is 1.73. The predicted octanol–water partition coefficient (Wildman–Crippen LogP) is 3.58. The molecule has 0 spiro atoms. The first-order valence-corrected chi connectivity index (χ1v) is 8.79. The minimum atomic E-state index is 0.702. The van der Waals surface area contributed by atoms with E-state index in [2.05, 4.69) is 28.4 Å². The van der Waals surface area contributed by atoms with Crippen molar-refractivity contribution in [2.75, 3.05) is 43.6 Å². The average molecular weight is 326 g/mol. The second-order valence-corrected chi connectivity index (χ2v) is 6.12. The lowest BCUT2D eigenvalue weighted by Gasteiger charge is -2.28. The van der Waals surface area contributed by atoms with Gasteiger partial charge in [0.1, 0.15) is 5.82 Å². The van der Waals surface area contributed by atoms with Crippen LogP contribution in [0.1, 0.15) is 25.7 Å². The Labute approximate surface area is 144 Å². The highest BCUT2D eigenvalue weighted by Gasteiger charge is 2.15. The van der Waals surface area contributed by atoms with E-state index in [4.69, 9.17) is 14.7 Å². The number of nitrogens with zero attached hydrogens (tertiary/aromatic N) is 3. The molecule has 1 aromatic carbocycles. The van der Waals surface area contributed by atoms with Gasteiger partial charge in [0, 0.05) is 45.0 Å². The molecule has 2 aromatic rings. The first-order valence-electron chi connectivity index (χ1n) is 8.79. The molecular formula is C19H26N4O. The van der Waals surface area contributed by atoms with E-state index in [0.717, 1.165) is 49.7 Å². The second kappa shape index (κ2) is 8.64. The van der Waals surface area contributed by atoms with Gasteiger partial charge < -0.3 is 15.0 Å². The molecule has 1 aromatic heterocycles. The van der Waals surface area contributed by atoms with Crippen LogP contribution in [-0.4, -0.2) is 43.3 Å². The smallest absolute Gasteiger partial charge is 0.225 e. The quantitative estimate of drug-likeness (QED) is 0.788. The highest BCUT2D eigenvalue weighted by molar-refractivity contribution is 5.64. The van der Waals surface area contributed by atoms with Gasteiger partial charge >= 0.3 is 0 Å². The maximum absolute atomic E-state index is 5.10. The van der Waals surface area contributed by atoms with Crippen LogP contribution in [0.15, 0.2) is 36.4 Å². The summed E-state index contributed by atoms with van der Waals surface area (Å²) in [5.41, 5.74) is 2.10. The fraction of sp³-hybridized carbons (Fsp3) is 0.474. The van der Waals surface area contributed by atoms with Crippen LogP contribution in [0.25, 0.3) is 11.3 Å². The number of rotatable bonds is 7. The number of methoxy groups -OCH3 is 1. The number of anilines is 2. The molecule has 0 saturated carbocycles. The molecule has 24 heavy (non-hydrogen) atoms. The zero-order valence-electron chi connectivity index (χ0n) is 14.4. The molecule has 0 unspecified atom stereocenters. The molecule has 1 saturated heterocycles. The second-order valence-electron chi connectivity index (χ2n) is 6.12. The fourth-order valence-corrected chi connectivity index (χ4v) is 2.97. The van der Waals surface area contributed by atoms with Crippen molar-refractivity contribution in [2.45, 2.75) is 25.7 Å². The van der Waals surface area contributed by atoms with Crippen LogP contribution in [0.4, 0.5) is 11.8 Å². The van der Waals surface area contributed by atoms with E-state index >= 15 is 0 Å². The van der Waals surface area contributed by atoms with E-state index in [0.29, 0.717) is 5.95 Å². The third kappa shape index (κ3) is 4.45. The van der Waals surface area contributed by atoms with Gasteiger partial charge in [-0.15, -0.1) is 0 Å². The third-order valence-electron chi connectivity index (χ3n) is 4.27. The largest absolute Gasteiger partial charge is 0.385 e. The Morgan fingerprint density at radius 2 is 1.88 bits per heavy atom. The maximum atomic E-state index is 5.10. The zero-order valence-corrected chi connectivity index (χ0v) is 14.4. The molecule has 0 amide bonds. The van der Waals surface area contributed by atoms with E-state index in [1.165, 1.54) is 19.3 Å². The molecule has 0 bridgehead atoms. The Bertz CT molecular complexity index is 627. The van der Waals surface area contributed by atoms with E-state index in [1.807, 2.05) is 18.2 Å². The Hall–Kier alpha value is -2.14. The molecule has 1 fully saturated rings. The van der Waals surface area contributed by atoms with Gasteiger partial charge in [-0.25, -0.2) is 4.98 Å². The van der Waals surface area contributed by atoms with Crippen LogP contribution in [0.2, 0.25) is 0 Å². The summed E-state index contributed by atoms with van der Waals surface area (Å²) in [7, 11) is 1.72. The van der Waals surface area contributed by atoms with Crippen molar-refractivity contribution in [1.29, 1.82) is 0 Å². The van der Waals surface area contributed by atoms with Gasteiger partial charge in [0.05, 0.1) is 5.69 Å². The summed E-state index contributed by atoms with van der Waals surface area (Å²) in [4.78, 5) is 11.8. The number of hydrogen-bond donors (Lipinski definition) is 1. The standard InChI is InChI=1S/C19H26N4O/c1-24-14-8-11-20-19-21-17(16-9-4-2-5-10-16)15-18(22-19)23-12-6-3-7-13-23/h2,4-5,9-10,15H,3,6-8,11-14H2,1H3,(H,20,21,22). The van der Waals surface area contributed by atoms with E-state index in [9.17, 15) is 0 Å². The van der Waals surface area contributed by atoms with Crippen molar-refractivity contribution in [2.24, 2.45) is 0 Å². The molecular weight excluding hydrogens is 300 g/mol. The average Bonchev–Trinajstić information content (AvgIpc) is 2.66. The number of piperidine rings is 1. The topological polar surface area (TPSA) is 50.3 Å². The predicted molar refractivity (Wildman–Crippen MR) is 98.5 cm³/mol. The van der Waals surface area contributed by atoms with Gasteiger partial charge in [-0.2, -0.15) is 4.98 Å². The van der Waals surface area contributed by atoms with Gasteiger partial charge in [-0.05, 0) is 25.7 Å². The molecule has 3 rings (SSSR count). The lowest BCUT2D eigenvalue weighted by atomic mass is 10.1. The number of benzene rings is 1. The highest BCUT2D eigenvalue weighted by Crippen LogP contribution is 2.25. The summed E-state index contributed by atoms with van der Waals surface area (Å²) >= 11 is 0. The summed E-state index contributed by atoms with van der Waals surface area (Å²) in [6.07, 6.45) is 4.73. The van der Waals surface area contributed by atoms with Crippen LogP contribution in [-0.2, 0) is 4.74 Å². The minimum Gasteiger partial charge on any atom is -0.385 e. The molecule has 0 radical (unpaired) electrons. The van der Waals surface area contributed by atoms with Gasteiger partial charge in [0.15, 0.2) is 0 Å². The Balaban J connectivity index is 1.84. The van der Waals surface area contributed by atoms with Crippen LogP contribution in [0.5, 0.6) is 0 Å². The molecule has 1 N–H and O–H groups in total. The molecule has 5 heteroatoms. The molecule has 2 heterocycles. The highest BCUT2D eigenvalue weighted by atomic mass is 16.5. The van der Waals surface area contributed by atoms with E-state index < -0.39 is 0 Å². The molecule has 1 aliphatic rings. The summed E-state index contributed by atoms with van der Waals surface area (Å²) in [6, 6.07) is 12.4. The molecule has 1 aliphatic heterocycles. The van der Waals surface area contributed by atoms with Crippen molar-refractivity contribution in [3.05, 3.63) is 36.4 Å². The van der Waals surface area contributed by atoms with Crippen LogP contribution in [0.3, 0.4) is 0 Å². The Kier molecular flexibility index (Phi) is 6.01. The van der Waals surface area contributed by atoms with Gasteiger partial charge in [0.2, 0.25) is 5.95 Å². The van der Waals surface area contributed by atoms with Crippen molar-refractivity contribution in [3.63, 3.8) is 0 Å². The van der Waals surface area contributed by atoms with Crippen LogP contribution in [0, 0.1) is 0 Å². The third-order valence-corrected chi connectivity index (χ3v) is 4.27. The lowest BCUT2D eigenvalue weighted by molar-refractivity contribution is 0.197. The molecule has 0 aliphatic carbocycles. The van der Waals surface area contributed by atoms with Crippen LogP contribution >= 0.6 is 0 Å². The summed E-state index contributed by atoms with van der Waals surface area (Å²) in [6.45, 7) is 3.71. The number of aromatic nitrogens is 2. The summed E-state index contributed by atoms with van der Waals surface area (Å²) < 4.78 is 5.10. The normalized spacial score (nSPS) is 14.6. The molecule has 5 nitrogen and oxygen atoms in total. The molecule has 128 valence electrons. The fourth-order valence-electron chi connectivity index (χ4n) is 2.97. The van der Waals surface area contributed by atoms with E-state index in [1.54, 1.807) is 7.11 Å². The summed E-state index contributed by atoms with van der Waals surface area (Å²) in [5, 5.41) is 3.34. The van der Waals surface area contributed by atoms with Crippen molar-refractivity contribution in [3.8, 4) is 11.3 Å². The van der Waals surface area contributed by atoms with Crippen molar-refractivity contribution >= 4 is 11.8 Å². The van der Waals surface area contributed by atoms with Gasteiger partial charge in [-0.3, -0.25) is 0 Å². The first-order chi connectivity index (χ1) is 11.9. The molecule has 0 atom stereocenters. The van der Waals surface area contributed by atoms with Gasteiger partial charge in [0.25, 0.3) is 0 Å². The Morgan fingerprint density at radius 3 is 2.62 bits per heavy atom. The van der Waals surface area contributed by atoms with Crippen molar-refractivity contribution < 1.29 is 4.74 Å².